The highest BCUT2D eigenvalue weighted by Crippen LogP contribution is 2.29. The molecule has 0 saturated heterocycles. The Labute approximate surface area is 112 Å². The number of nitrogens with two attached hydrogens (primary N) is 1. The molecule has 0 aliphatic rings. The third-order valence-electron chi connectivity index (χ3n) is 2.66. The lowest BCUT2D eigenvalue weighted by molar-refractivity contribution is 0.222. The van der Waals surface area contributed by atoms with Gasteiger partial charge in [-0.3, -0.25) is 4.90 Å². The minimum atomic E-state index is -0.238. The van der Waals surface area contributed by atoms with E-state index < -0.39 is 0 Å². The highest BCUT2D eigenvalue weighted by molar-refractivity contribution is 6.31. The summed E-state index contributed by atoms with van der Waals surface area (Å²) < 4.78 is 0. The predicted octanol–water partition coefficient (Wildman–Crippen LogP) is 2.08. The second-order valence-electron chi connectivity index (χ2n) is 4.05. The molecule has 0 aliphatic heterocycles. The van der Waals surface area contributed by atoms with Crippen LogP contribution in [-0.4, -0.2) is 24.0 Å². The molecule has 0 fully saturated rings. The van der Waals surface area contributed by atoms with Crippen LogP contribution in [0.3, 0.4) is 0 Å². The summed E-state index contributed by atoms with van der Waals surface area (Å²) in [4.78, 5) is 1.73. The summed E-state index contributed by atoms with van der Waals surface area (Å²) in [6.07, 6.45) is 0. The quantitative estimate of drug-likeness (QED) is 0.824. The fourth-order valence-corrected chi connectivity index (χ4v) is 2.21. The third kappa shape index (κ3) is 3.45. The topological polar surface area (TPSA) is 76.8 Å². The van der Waals surface area contributed by atoms with Crippen molar-refractivity contribution in [2.45, 2.75) is 19.0 Å². The zero-order valence-corrected chi connectivity index (χ0v) is 10.9. The molecule has 0 heterocycles. The van der Waals surface area contributed by atoms with Crippen LogP contribution in [0.25, 0.3) is 0 Å². The fourth-order valence-electron chi connectivity index (χ4n) is 1.96. The van der Waals surface area contributed by atoms with Crippen molar-refractivity contribution in [3.63, 3.8) is 0 Å². The summed E-state index contributed by atoms with van der Waals surface area (Å²) in [6, 6.07) is 11.0. The lowest BCUT2D eigenvalue weighted by Crippen LogP contribution is -2.40. The van der Waals surface area contributed by atoms with E-state index in [1.54, 1.807) is 11.0 Å². The average molecular weight is 263 g/mol. The molecule has 0 aromatic heterocycles. The van der Waals surface area contributed by atoms with Crippen LogP contribution in [0.1, 0.15) is 18.5 Å². The first kappa shape index (κ1) is 14.5. The van der Waals surface area contributed by atoms with E-state index >= 15 is 0 Å². The maximum absolute atomic E-state index is 8.84. The Bertz CT molecular complexity index is 457. The number of hydrogen-bond acceptors (Lipinski definition) is 4. The summed E-state index contributed by atoms with van der Waals surface area (Å²) in [5.41, 5.74) is 6.83. The van der Waals surface area contributed by atoms with E-state index in [1.165, 1.54) is 0 Å². The summed E-state index contributed by atoms with van der Waals surface area (Å²) in [5, 5.41) is 18.3. The van der Waals surface area contributed by atoms with Crippen molar-refractivity contribution in [1.82, 2.24) is 4.90 Å². The SMILES string of the molecule is CC(N)C(c1ccccc1Cl)N(CC#N)CC#N. The van der Waals surface area contributed by atoms with Gasteiger partial charge in [-0.05, 0) is 18.6 Å². The van der Waals surface area contributed by atoms with E-state index in [0.29, 0.717) is 5.02 Å². The highest BCUT2D eigenvalue weighted by atomic mass is 35.5. The fraction of sp³-hybridized carbons (Fsp3) is 0.385. The molecule has 5 heteroatoms. The molecule has 1 rings (SSSR count). The molecule has 2 atom stereocenters. The second kappa shape index (κ2) is 6.98. The molecular formula is C13H15ClN4. The Balaban J connectivity index is 3.13. The van der Waals surface area contributed by atoms with Crippen molar-refractivity contribution in [2.75, 3.05) is 13.1 Å². The average Bonchev–Trinajstić information content (AvgIpc) is 2.32. The number of nitriles is 2. The van der Waals surface area contributed by atoms with Gasteiger partial charge in [0.05, 0.1) is 31.3 Å². The lowest BCUT2D eigenvalue weighted by Gasteiger charge is -2.31. The molecule has 0 bridgehead atoms. The molecule has 4 nitrogen and oxygen atoms in total. The number of benzene rings is 1. The number of halogens is 1. The molecule has 0 amide bonds. The van der Waals surface area contributed by atoms with Gasteiger partial charge in [0.25, 0.3) is 0 Å². The Kier molecular flexibility index (Phi) is 5.61. The Morgan fingerprint density at radius 3 is 2.28 bits per heavy atom. The van der Waals surface area contributed by atoms with Crippen molar-refractivity contribution in [1.29, 1.82) is 10.5 Å². The molecule has 0 aliphatic carbocycles. The van der Waals surface area contributed by atoms with Crippen molar-refractivity contribution in [3.8, 4) is 12.1 Å². The number of rotatable bonds is 5. The molecule has 0 saturated carbocycles. The molecule has 2 unspecified atom stereocenters. The molecular weight excluding hydrogens is 248 g/mol. The van der Waals surface area contributed by atoms with Gasteiger partial charge < -0.3 is 5.73 Å². The Morgan fingerprint density at radius 1 is 1.28 bits per heavy atom. The van der Waals surface area contributed by atoms with E-state index in [9.17, 15) is 0 Å². The molecule has 2 N–H and O–H groups in total. The molecule has 18 heavy (non-hydrogen) atoms. The van der Waals surface area contributed by atoms with E-state index in [4.69, 9.17) is 27.9 Å². The second-order valence-corrected chi connectivity index (χ2v) is 4.45. The standard InChI is InChI=1S/C13H15ClN4/c1-10(17)13(18(8-6-15)9-7-16)11-4-2-3-5-12(11)14/h2-5,10,13H,8-9,17H2,1H3. The van der Waals surface area contributed by atoms with Crippen molar-refractivity contribution < 1.29 is 0 Å². The van der Waals surface area contributed by atoms with E-state index in [0.717, 1.165) is 5.56 Å². The van der Waals surface area contributed by atoms with Crippen LogP contribution in [0.5, 0.6) is 0 Å². The van der Waals surface area contributed by atoms with Gasteiger partial charge in [0, 0.05) is 11.1 Å². The lowest BCUT2D eigenvalue weighted by atomic mass is 9.99. The van der Waals surface area contributed by atoms with Gasteiger partial charge in [0.15, 0.2) is 0 Å². The Morgan fingerprint density at radius 2 is 1.83 bits per heavy atom. The first-order valence-corrected chi connectivity index (χ1v) is 5.97. The monoisotopic (exact) mass is 262 g/mol. The highest BCUT2D eigenvalue weighted by Gasteiger charge is 2.25. The molecule has 94 valence electrons. The van der Waals surface area contributed by atoms with Crippen LogP contribution in [0.15, 0.2) is 24.3 Å². The van der Waals surface area contributed by atoms with Gasteiger partial charge in [0.1, 0.15) is 0 Å². The minimum Gasteiger partial charge on any atom is -0.326 e. The van der Waals surface area contributed by atoms with Gasteiger partial charge >= 0.3 is 0 Å². The van der Waals surface area contributed by atoms with Gasteiger partial charge in [-0.15, -0.1) is 0 Å². The molecule has 1 aromatic carbocycles. The zero-order valence-electron chi connectivity index (χ0n) is 10.2. The molecule has 0 spiro atoms. The number of nitrogens with zero attached hydrogens (tertiary/aromatic N) is 3. The predicted molar refractivity (Wildman–Crippen MR) is 70.6 cm³/mol. The van der Waals surface area contributed by atoms with Gasteiger partial charge in [-0.25, -0.2) is 0 Å². The van der Waals surface area contributed by atoms with Gasteiger partial charge in [0.2, 0.25) is 0 Å². The first-order chi connectivity index (χ1) is 8.61. The molecule has 0 radical (unpaired) electrons. The maximum atomic E-state index is 8.84. The first-order valence-electron chi connectivity index (χ1n) is 5.59. The van der Waals surface area contributed by atoms with Crippen LogP contribution in [0.4, 0.5) is 0 Å². The maximum Gasteiger partial charge on any atom is 0.0879 e. The van der Waals surface area contributed by atoms with Crippen molar-refractivity contribution in [2.24, 2.45) is 5.73 Å². The van der Waals surface area contributed by atoms with Crippen molar-refractivity contribution >= 4 is 11.6 Å². The molecule has 1 aromatic rings. The summed E-state index contributed by atoms with van der Waals surface area (Å²) in [6.45, 7) is 2.13. The number of hydrogen-bond donors (Lipinski definition) is 1. The van der Waals surface area contributed by atoms with E-state index in [1.807, 2.05) is 25.1 Å². The Hall–Kier alpha value is -1.59. The van der Waals surface area contributed by atoms with Crippen LogP contribution < -0.4 is 5.73 Å². The summed E-state index contributed by atoms with van der Waals surface area (Å²) in [7, 11) is 0. The summed E-state index contributed by atoms with van der Waals surface area (Å²) in [5.74, 6) is 0. The normalized spacial score (nSPS) is 13.7. The zero-order chi connectivity index (χ0) is 13.5. The van der Waals surface area contributed by atoms with Crippen molar-refractivity contribution in [3.05, 3.63) is 34.9 Å². The minimum absolute atomic E-state index is 0.144. The smallest absolute Gasteiger partial charge is 0.0879 e. The van der Waals surface area contributed by atoms with Crippen LogP contribution in [-0.2, 0) is 0 Å². The van der Waals surface area contributed by atoms with E-state index in [2.05, 4.69) is 12.1 Å². The summed E-state index contributed by atoms with van der Waals surface area (Å²) >= 11 is 6.16. The van der Waals surface area contributed by atoms with Crippen LogP contribution in [0, 0.1) is 22.7 Å². The van der Waals surface area contributed by atoms with Gasteiger partial charge in [-0.2, -0.15) is 10.5 Å². The largest absolute Gasteiger partial charge is 0.326 e. The van der Waals surface area contributed by atoms with Gasteiger partial charge in [-0.1, -0.05) is 29.8 Å². The van der Waals surface area contributed by atoms with Crippen LogP contribution >= 0.6 is 11.6 Å². The van der Waals surface area contributed by atoms with E-state index in [-0.39, 0.29) is 25.2 Å². The van der Waals surface area contributed by atoms with Crippen LogP contribution in [0.2, 0.25) is 5.02 Å². The third-order valence-corrected chi connectivity index (χ3v) is 3.01.